The van der Waals surface area contributed by atoms with E-state index in [0.717, 1.165) is 30.6 Å². The van der Waals surface area contributed by atoms with Crippen molar-refractivity contribution in [3.8, 4) is 0 Å². The number of nitrogens with one attached hydrogen (secondary N) is 2. The van der Waals surface area contributed by atoms with Gasteiger partial charge in [0.1, 0.15) is 6.04 Å². The standard InChI is InChI=1S/C20H25N3O5S/c1-12(23-19(25)16-4-2-3-5-17(16)20(23)26)18(24)21-13-8-10-15(11-9-13)29(27,28)22-14-6-7-14/h8-12,14,16-17,22H,2-7H2,1H3,(H,21,24)/t12-,16-,17-/m1/s1. The minimum absolute atomic E-state index is 0.0134. The molecule has 4 rings (SSSR count). The fourth-order valence-electron chi connectivity index (χ4n) is 4.14. The van der Waals surface area contributed by atoms with E-state index in [1.54, 1.807) is 6.92 Å². The van der Waals surface area contributed by atoms with Crippen LogP contribution in [-0.2, 0) is 24.4 Å². The van der Waals surface area contributed by atoms with Crippen LogP contribution in [0.3, 0.4) is 0 Å². The second-order valence-electron chi connectivity index (χ2n) is 8.13. The van der Waals surface area contributed by atoms with Crippen molar-refractivity contribution in [3.05, 3.63) is 24.3 Å². The molecule has 0 bridgehead atoms. The predicted molar refractivity (Wildman–Crippen MR) is 105 cm³/mol. The topological polar surface area (TPSA) is 113 Å². The normalized spacial score (nSPS) is 25.6. The first-order chi connectivity index (χ1) is 13.8. The molecule has 29 heavy (non-hydrogen) atoms. The van der Waals surface area contributed by atoms with Crippen molar-refractivity contribution in [1.29, 1.82) is 0 Å². The number of hydrogen-bond donors (Lipinski definition) is 2. The number of fused-ring (bicyclic) bond motifs is 1. The van der Waals surface area contributed by atoms with Gasteiger partial charge in [-0.2, -0.15) is 0 Å². The summed E-state index contributed by atoms with van der Waals surface area (Å²) in [6.07, 6.45) is 4.95. The van der Waals surface area contributed by atoms with Gasteiger partial charge in [-0.3, -0.25) is 19.3 Å². The Balaban J connectivity index is 1.42. The summed E-state index contributed by atoms with van der Waals surface area (Å²) >= 11 is 0. The van der Waals surface area contributed by atoms with E-state index >= 15 is 0 Å². The van der Waals surface area contributed by atoms with E-state index in [-0.39, 0.29) is 34.6 Å². The van der Waals surface area contributed by atoms with Crippen molar-refractivity contribution in [2.24, 2.45) is 11.8 Å². The molecule has 1 aliphatic heterocycles. The summed E-state index contributed by atoms with van der Waals surface area (Å²) in [5, 5.41) is 2.67. The maximum absolute atomic E-state index is 12.6. The number of hydrogen-bond acceptors (Lipinski definition) is 5. The molecule has 8 nitrogen and oxygen atoms in total. The van der Waals surface area contributed by atoms with E-state index in [2.05, 4.69) is 10.0 Å². The third-order valence-electron chi connectivity index (χ3n) is 5.97. The van der Waals surface area contributed by atoms with Crippen molar-refractivity contribution in [3.63, 3.8) is 0 Å². The maximum Gasteiger partial charge on any atom is 0.247 e. The van der Waals surface area contributed by atoms with Gasteiger partial charge in [0, 0.05) is 11.7 Å². The number of rotatable bonds is 6. The Kier molecular flexibility index (Phi) is 5.20. The predicted octanol–water partition coefficient (Wildman–Crippen LogP) is 1.63. The summed E-state index contributed by atoms with van der Waals surface area (Å²) in [5.74, 6) is -1.58. The smallest absolute Gasteiger partial charge is 0.247 e. The number of anilines is 1. The molecule has 2 aliphatic carbocycles. The lowest BCUT2D eigenvalue weighted by Crippen LogP contribution is -2.46. The summed E-state index contributed by atoms with van der Waals surface area (Å²) < 4.78 is 27.0. The molecule has 2 N–H and O–H groups in total. The molecule has 9 heteroatoms. The van der Waals surface area contributed by atoms with Gasteiger partial charge < -0.3 is 5.32 Å². The number of likely N-dealkylation sites (tertiary alicyclic amines) is 1. The van der Waals surface area contributed by atoms with Crippen LogP contribution >= 0.6 is 0 Å². The van der Waals surface area contributed by atoms with Gasteiger partial charge in [-0.1, -0.05) is 12.8 Å². The van der Waals surface area contributed by atoms with E-state index in [1.807, 2.05) is 0 Å². The van der Waals surface area contributed by atoms with E-state index in [1.165, 1.54) is 24.3 Å². The molecule has 2 saturated carbocycles. The van der Waals surface area contributed by atoms with Crippen LogP contribution in [0.25, 0.3) is 0 Å². The second-order valence-corrected chi connectivity index (χ2v) is 9.84. The Labute approximate surface area is 170 Å². The zero-order chi connectivity index (χ0) is 20.8. The number of imide groups is 1. The average molecular weight is 420 g/mol. The van der Waals surface area contributed by atoms with Gasteiger partial charge in [0.2, 0.25) is 27.7 Å². The SMILES string of the molecule is C[C@H](C(=O)Nc1ccc(S(=O)(=O)NC2CC2)cc1)N1C(=O)[C@@H]2CCCC[C@H]2C1=O. The average Bonchev–Trinajstić information content (AvgIpc) is 3.47. The summed E-state index contributed by atoms with van der Waals surface area (Å²) in [6, 6.07) is 4.94. The van der Waals surface area contributed by atoms with E-state index in [9.17, 15) is 22.8 Å². The Hall–Kier alpha value is -2.26. The number of carbonyl (C=O) groups excluding carboxylic acids is 3. The molecule has 1 aromatic rings. The monoisotopic (exact) mass is 419 g/mol. The zero-order valence-electron chi connectivity index (χ0n) is 16.3. The summed E-state index contributed by atoms with van der Waals surface area (Å²) in [7, 11) is -3.56. The third kappa shape index (κ3) is 3.93. The molecule has 1 aromatic carbocycles. The fraction of sp³-hybridized carbons (Fsp3) is 0.550. The maximum atomic E-state index is 12.6. The van der Waals surface area contributed by atoms with Gasteiger partial charge >= 0.3 is 0 Å². The van der Waals surface area contributed by atoms with Crippen molar-refractivity contribution < 1.29 is 22.8 Å². The lowest BCUT2D eigenvalue weighted by molar-refractivity contribution is -0.146. The lowest BCUT2D eigenvalue weighted by atomic mass is 9.81. The minimum Gasteiger partial charge on any atom is -0.324 e. The number of sulfonamides is 1. The van der Waals surface area contributed by atoms with Gasteiger partial charge in [-0.15, -0.1) is 0 Å². The van der Waals surface area contributed by atoms with Crippen molar-refractivity contribution in [2.45, 2.75) is 62.4 Å². The van der Waals surface area contributed by atoms with Gasteiger partial charge in [0.15, 0.2) is 0 Å². The van der Waals surface area contributed by atoms with Gasteiger partial charge in [-0.25, -0.2) is 13.1 Å². The summed E-state index contributed by atoms with van der Waals surface area (Å²) in [6.45, 7) is 1.54. The highest BCUT2D eigenvalue weighted by molar-refractivity contribution is 7.89. The number of benzene rings is 1. The number of carbonyl (C=O) groups is 3. The zero-order valence-corrected chi connectivity index (χ0v) is 17.1. The Morgan fingerprint density at radius 1 is 1.00 bits per heavy atom. The lowest BCUT2D eigenvalue weighted by Gasteiger charge is -2.22. The molecular weight excluding hydrogens is 394 g/mol. The molecule has 0 unspecified atom stereocenters. The molecular formula is C20H25N3O5S. The van der Waals surface area contributed by atoms with Crippen LogP contribution in [-0.4, -0.2) is 43.1 Å². The Morgan fingerprint density at radius 3 is 2.07 bits per heavy atom. The fourth-order valence-corrected chi connectivity index (χ4v) is 5.44. The minimum atomic E-state index is -3.56. The van der Waals surface area contributed by atoms with Crippen molar-refractivity contribution >= 4 is 33.4 Å². The quantitative estimate of drug-likeness (QED) is 0.681. The largest absolute Gasteiger partial charge is 0.324 e. The first-order valence-corrected chi connectivity index (χ1v) is 11.6. The van der Waals surface area contributed by atoms with Gasteiger partial charge in [0.05, 0.1) is 16.7 Å². The molecule has 3 amide bonds. The molecule has 0 aromatic heterocycles. The first-order valence-electron chi connectivity index (χ1n) is 10.1. The van der Waals surface area contributed by atoms with Gasteiger partial charge in [0.25, 0.3) is 0 Å². The van der Waals surface area contributed by atoms with Crippen LogP contribution < -0.4 is 10.0 Å². The molecule has 156 valence electrons. The highest BCUT2D eigenvalue weighted by atomic mass is 32.2. The molecule has 3 fully saturated rings. The van der Waals surface area contributed by atoms with E-state index in [0.29, 0.717) is 18.5 Å². The molecule has 0 spiro atoms. The Morgan fingerprint density at radius 2 is 1.55 bits per heavy atom. The molecule has 1 heterocycles. The molecule has 3 aliphatic rings. The van der Waals surface area contributed by atoms with Crippen LogP contribution in [0.5, 0.6) is 0 Å². The summed E-state index contributed by atoms with van der Waals surface area (Å²) in [4.78, 5) is 39.2. The van der Waals surface area contributed by atoms with Crippen molar-refractivity contribution in [2.75, 3.05) is 5.32 Å². The van der Waals surface area contributed by atoms with Gasteiger partial charge in [-0.05, 0) is 56.9 Å². The highest BCUT2D eigenvalue weighted by Gasteiger charge is 2.50. The van der Waals surface area contributed by atoms with E-state index in [4.69, 9.17) is 0 Å². The molecule has 3 atom stereocenters. The Bertz CT molecular complexity index is 915. The summed E-state index contributed by atoms with van der Waals surface area (Å²) in [5.41, 5.74) is 0.406. The van der Waals surface area contributed by atoms with E-state index < -0.39 is 22.0 Å². The highest BCUT2D eigenvalue weighted by Crippen LogP contribution is 2.39. The van der Waals surface area contributed by atoms with Crippen LogP contribution in [0.15, 0.2) is 29.2 Å². The van der Waals surface area contributed by atoms with Crippen LogP contribution in [0.1, 0.15) is 45.4 Å². The van der Waals surface area contributed by atoms with Crippen molar-refractivity contribution in [1.82, 2.24) is 9.62 Å². The number of amides is 3. The number of nitrogens with zero attached hydrogens (tertiary/aromatic N) is 1. The van der Waals surface area contributed by atoms with Crippen LogP contribution in [0.4, 0.5) is 5.69 Å². The molecule has 0 radical (unpaired) electrons. The third-order valence-corrected chi connectivity index (χ3v) is 7.51. The second kappa shape index (κ2) is 7.53. The van der Waals surface area contributed by atoms with Crippen LogP contribution in [0.2, 0.25) is 0 Å². The molecule has 1 saturated heterocycles. The first kappa shape index (κ1) is 20.0. The van der Waals surface area contributed by atoms with Crippen LogP contribution in [0, 0.1) is 11.8 Å².